The molecule has 2 aromatic rings. The van der Waals surface area contributed by atoms with E-state index in [4.69, 9.17) is 4.74 Å². The minimum absolute atomic E-state index is 0.0638. The Balaban J connectivity index is 2.27. The number of benzene rings is 2. The second-order valence-electron chi connectivity index (χ2n) is 7.23. The van der Waals surface area contributed by atoms with Gasteiger partial charge in [0.1, 0.15) is 10.3 Å². The summed E-state index contributed by atoms with van der Waals surface area (Å²) in [6.45, 7) is 5.23. The molecule has 1 amide bonds. The van der Waals surface area contributed by atoms with Crippen LogP contribution in [0.3, 0.4) is 0 Å². The van der Waals surface area contributed by atoms with Gasteiger partial charge in [-0.3, -0.25) is 4.79 Å². The molecule has 2 aromatic carbocycles. The highest BCUT2D eigenvalue weighted by Gasteiger charge is 2.41. The van der Waals surface area contributed by atoms with Gasteiger partial charge in [-0.05, 0) is 44.9 Å². The maximum Gasteiger partial charge on any atom is 0.407 e. The van der Waals surface area contributed by atoms with E-state index in [0.717, 1.165) is 10.5 Å². The predicted octanol–water partition coefficient (Wildman–Crippen LogP) is 4.37. The highest BCUT2D eigenvalue weighted by Crippen LogP contribution is 2.36. The first kappa shape index (κ1) is 20.8. The normalized spacial score (nSPS) is 13.4. The fourth-order valence-corrected chi connectivity index (χ4v) is 3.71. The molecule has 27 heavy (non-hydrogen) atoms. The molecule has 0 aliphatic heterocycles. The van der Waals surface area contributed by atoms with Gasteiger partial charge in [0.05, 0.1) is 0 Å². The van der Waals surface area contributed by atoms with Crippen LogP contribution in [0.25, 0.3) is 0 Å². The Kier molecular flexibility index (Phi) is 6.91. The molecule has 6 heteroatoms. The molecule has 0 aliphatic rings. The van der Waals surface area contributed by atoms with E-state index in [1.807, 2.05) is 60.7 Å². The van der Waals surface area contributed by atoms with Crippen LogP contribution >= 0.6 is 11.8 Å². The maximum atomic E-state index is 12.3. The Labute approximate surface area is 164 Å². The first-order chi connectivity index (χ1) is 12.7. The van der Waals surface area contributed by atoms with Crippen molar-refractivity contribution in [1.82, 2.24) is 5.32 Å². The van der Waals surface area contributed by atoms with Crippen LogP contribution in [0.4, 0.5) is 4.79 Å². The van der Waals surface area contributed by atoms with Crippen LogP contribution in [0.1, 0.15) is 26.3 Å². The van der Waals surface area contributed by atoms with Gasteiger partial charge in [-0.1, -0.05) is 48.5 Å². The van der Waals surface area contributed by atoms with E-state index >= 15 is 0 Å². The Morgan fingerprint density at radius 2 is 1.56 bits per heavy atom. The smallest absolute Gasteiger partial charge is 0.407 e. The average molecular weight is 388 g/mol. The van der Waals surface area contributed by atoms with Gasteiger partial charge in [0, 0.05) is 11.4 Å². The molecule has 0 bridgehead atoms. The number of hydrogen-bond donors (Lipinski definition) is 2. The summed E-state index contributed by atoms with van der Waals surface area (Å²) < 4.78 is 4.00. The van der Waals surface area contributed by atoms with Crippen LogP contribution in [-0.4, -0.2) is 34.1 Å². The highest BCUT2D eigenvalue weighted by molar-refractivity contribution is 8.01. The molecular formula is C21H25NO4S. The van der Waals surface area contributed by atoms with E-state index in [-0.39, 0.29) is 13.0 Å². The zero-order chi connectivity index (χ0) is 19.9. The molecule has 0 aliphatic carbocycles. The molecule has 0 saturated heterocycles. The molecule has 0 fully saturated rings. The number of aliphatic carboxylic acids is 1. The molecule has 1 atom stereocenters. The summed E-state index contributed by atoms with van der Waals surface area (Å²) >= 11 is 1.23. The van der Waals surface area contributed by atoms with Crippen molar-refractivity contribution in [3.05, 3.63) is 66.2 Å². The standard InChI is InChI=1S/C21H25NO4S/c1-20(2,3)26-19(25)22-15-21(18(23)24,14-16-10-6-4-7-11-16)27-17-12-8-5-9-13-17/h4-13H,14-15H2,1-3H3,(H,22,25)(H,23,24)/t21-/m0/s1. The fraction of sp³-hybridized carbons (Fsp3) is 0.333. The van der Waals surface area contributed by atoms with E-state index in [1.54, 1.807) is 20.8 Å². The molecule has 5 nitrogen and oxygen atoms in total. The van der Waals surface area contributed by atoms with Crippen LogP contribution in [0.2, 0.25) is 0 Å². The molecule has 0 saturated carbocycles. The number of nitrogens with one attached hydrogen (secondary N) is 1. The van der Waals surface area contributed by atoms with Crippen molar-refractivity contribution in [2.75, 3.05) is 6.54 Å². The van der Waals surface area contributed by atoms with Gasteiger partial charge in [0.2, 0.25) is 0 Å². The zero-order valence-electron chi connectivity index (χ0n) is 15.8. The molecule has 0 unspecified atom stereocenters. The number of carboxylic acid groups (broad SMARTS) is 1. The lowest BCUT2D eigenvalue weighted by Gasteiger charge is -2.30. The van der Waals surface area contributed by atoms with Crippen LogP contribution in [0, 0.1) is 0 Å². The van der Waals surface area contributed by atoms with Gasteiger partial charge in [-0.2, -0.15) is 0 Å². The summed E-state index contributed by atoms with van der Waals surface area (Å²) in [5.74, 6) is -0.990. The van der Waals surface area contributed by atoms with Gasteiger partial charge >= 0.3 is 12.1 Å². The van der Waals surface area contributed by atoms with Crippen LogP contribution in [-0.2, 0) is 16.0 Å². The molecule has 2 N–H and O–H groups in total. The Hall–Kier alpha value is -2.47. The number of thioether (sulfide) groups is 1. The van der Waals surface area contributed by atoms with Crippen molar-refractivity contribution in [1.29, 1.82) is 0 Å². The van der Waals surface area contributed by atoms with Gasteiger partial charge in [0.15, 0.2) is 0 Å². The lowest BCUT2D eigenvalue weighted by molar-refractivity contribution is -0.139. The van der Waals surface area contributed by atoms with Crippen molar-refractivity contribution in [3.8, 4) is 0 Å². The predicted molar refractivity (Wildman–Crippen MR) is 107 cm³/mol. The largest absolute Gasteiger partial charge is 0.480 e. The Bertz CT molecular complexity index is 715. The second kappa shape index (κ2) is 8.95. The first-order valence-corrected chi connectivity index (χ1v) is 9.50. The third-order valence-corrected chi connectivity index (χ3v) is 5.06. The number of carbonyl (C=O) groups is 2. The maximum absolute atomic E-state index is 12.3. The SMILES string of the molecule is CC(C)(C)OC(=O)NC[C@](Cc1ccccc1)(Sc1ccccc1)C(=O)O. The van der Waals surface area contributed by atoms with E-state index in [9.17, 15) is 14.7 Å². The zero-order valence-corrected chi connectivity index (χ0v) is 16.6. The van der Waals surface area contributed by atoms with E-state index in [2.05, 4.69) is 5.32 Å². The number of ether oxygens (including phenoxy) is 1. The van der Waals surface area contributed by atoms with Gasteiger partial charge < -0.3 is 15.2 Å². The van der Waals surface area contributed by atoms with Gasteiger partial charge in [-0.25, -0.2) is 4.79 Å². The number of hydrogen-bond acceptors (Lipinski definition) is 4. The molecule has 144 valence electrons. The molecule has 0 spiro atoms. The monoisotopic (exact) mass is 387 g/mol. The van der Waals surface area contributed by atoms with Crippen LogP contribution in [0.15, 0.2) is 65.6 Å². The minimum atomic E-state index is -1.26. The van der Waals surface area contributed by atoms with E-state index in [0.29, 0.717) is 0 Å². The average Bonchev–Trinajstić information content (AvgIpc) is 2.60. The summed E-state index contributed by atoms with van der Waals surface area (Å²) in [6, 6.07) is 18.7. The van der Waals surface area contributed by atoms with Crippen molar-refractivity contribution in [2.24, 2.45) is 0 Å². The van der Waals surface area contributed by atoms with Crippen LogP contribution in [0.5, 0.6) is 0 Å². The number of alkyl carbamates (subject to hydrolysis) is 1. The van der Waals surface area contributed by atoms with Gasteiger partial charge in [-0.15, -0.1) is 11.8 Å². The number of rotatable bonds is 7. The lowest BCUT2D eigenvalue weighted by atomic mass is 9.98. The van der Waals surface area contributed by atoms with Crippen molar-refractivity contribution < 1.29 is 19.4 Å². The summed E-state index contributed by atoms with van der Waals surface area (Å²) in [5.41, 5.74) is 0.233. The fourth-order valence-electron chi connectivity index (χ4n) is 2.50. The molecule has 0 radical (unpaired) electrons. The molecule has 0 aromatic heterocycles. The van der Waals surface area contributed by atoms with E-state index in [1.165, 1.54) is 11.8 Å². The summed E-state index contributed by atoms with van der Waals surface area (Å²) in [4.78, 5) is 25.2. The molecule has 0 heterocycles. The lowest BCUT2D eigenvalue weighted by Crippen LogP contribution is -2.49. The topological polar surface area (TPSA) is 75.6 Å². The second-order valence-corrected chi connectivity index (χ2v) is 8.69. The minimum Gasteiger partial charge on any atom is -0.480 e. The van der Waals surface area contributed by atoms with Crippen molar-refractivity contribution in [3.63, 3.8) is 0 Å². The Morgan fingerprint density at radius 1 is 1.00 bits per heavy atom. The molecule has 2 rings (SSSR count). The van der Waals surface area contributed by atoms with Crippen molar-refractivity contribution in [2.45, 2.75) is 42.4 Å². The number of amides is 1. The Morgan fingerprint density at radius 3 is 2.07 bits per heavy atom. The highest BCUT2D eigenvalue weighted by atomic mass is 32.2. The van der Waals surface area contributed by atoms with Crippen LogP contribution < -0.4 is 5.32 Å². The van der Waals surface area contributed by atoms with Crippen molar-refractivity contribution >= 4 is 23.8 Å². The number of carboxylic acids is 1. The third kappa shape index (κ3) is 6.64. The first-order valence-electron chi connectivity index (χ1n) is 8.68. The third-order valence-electron chi connectivity index (χ3n) is 3.70. The summed E-state index contributed by atoms with van der Waals surface area (Å²) in [7, 11) is 0. The molecular weight excluding hydrogens is 362 g/mol. The quantitative estimate of drug-likeness (QED) is 0.690. The summed E-state index contributed by atoms with van der Waals surface area (Å²) in [6.07, 6.45) is -0.367. The van der Waals surface area contributed by atoms with Gasteiger partial charge in [0.25, 0.3) is 0 Å². The van der Waals surface area contributed by atoms with E-state index < -0.39 is 22.4 Å². The summed E-state index contributed by atoms with van der Waals surface area (Å²) in [5, 5.41) is 12.7. The number of carbonyl (C=O) groups excluding carboxylic acids is 1.